The second kappa shape index (κ2) is 10.9. The fraction of sp³-hybridized carbons (Fsp3) is 0.641. The van der Waals surface area contributed by atoms with Gasteiger partial charge in [0.2, 0.25) is 0 Å². The van der Waals surface area contributed by atoms with Crippen LogP contribution in [0.3, 0.4) is 0 Å². The van der Waals surface area contributed by atoms with Crippen LogP contribution in [0.2, 0.25) is 0 Å². The highest BCUT2D eigenvalue weighted by Crippen LogP contribution is 2.62. The average Bonchev–Trinajstić information content (AvgIpc) is 3.50. The van der Waals surface area contributed by atoms with Crippen LogP contribution in [0.15, 0.2) is 36.4 Å². The van der Waals surface area contributed by atoms with Crippen LogP contribution in [-0.4, -0.2) is 34.4 Å². The van der Waals surface area contributed by atoms with Crippen LogP contribution in [0.1, 0.15) is 119 Å². The van der Waals surface area contributed by atoms with Crippen molar-refractivity contribution in [2.45, 2.75) is 121 Å². The van der Waals surface area contributed by atoms with E-state index < -0.39 is 18.4 Å². The van der Waals surface area contributed by atoms with Gasteiger partial charge in [-0.25, -0.2) is 0 Å². The molecule has 10 unspecified atom stereocenters. The summed E-state index contributed by atoms with van der Waals surface area (Å²) in [6, 6.07) is 12.0. The Bertz CT molecular complexity index is 1400. The number of benzene rings is 2. The number of aliphatic hydroxyl groups excluding tert-OH is 2. The van der Waals surface area contributed by atoms with Gasteiger partial charge in [-0.05, 0) is 170 Å². The van der Waals surface area contributed by atoms with E-state index in [-0.39, 0.29) is 23.0 Å². The number of fused-ring (bicyclic) bond motifs is 10. The van der Waals surface area contributed by atoms with Gasteiger partial charge in [-0.1, -0.05) is 26.0 Å². The number of carbonyl (C=O) groups excluding carboxylic acids is 2. The molecule has 0 heterocycles. The summed E-state index contributed by atoms with van der Waals surface area (Å²) in [4.78, 5) is 25.5. The van der Waals surface area contributed by atoms with Gasteiger partial charge < -0.3 is 19.7 Å². The Morgan fingerprint density at radius 1 is 0.667 bits per heavy atom. The van der Waals surface area contributed by atoms with E-state index in [0.29, 0.717) is 47.0 Å². The van der Waals surface area contributed by atoms with Crippen molar-refractivity contribution in [1.29, 1.82) is 0 Å². The van der Waals surface area contributed by atoms with Crippen LogP contribution < -0.4 is 9.47 Å². The summed E-state index contributed by atoms with van der Waals surface area (Å²) in [6.07, 6.45) is 11.8. The monoisotopic (exact) mass is 612 g/mol. The van der Waals surface area contributed by atoms with Gasteiger partial charge in [0.25, 0.3) is 0 Å². The van der Waals surface area contributed by atoms with Crippen molar-refractivity contribution in [2.24, 2.45) is 34.5 Å². The number of esters is 2. The summed E-state index contributed by atoms with van der Waals surface area (Å²) in [6.45, 7) is 4.59. The molecule has 0 aromatic heterocycles. The molecule has 6 heteroatoms. The summed E-state index contributed by atoms with van der Waals surface area (Å²) in [5.74, 6) is 3.18. The second-order valence-corrected chi connectivity index (χ2v) is 16.0. The minimum Gasteiger partial charge on any atom is -0.426 e. The Morgan fingerprint density at radius 3 is 1.56 bits per heavy atom. The SMILES string of the molecule is CC12CCC3c4ccc(OC(=O)CC(=O)Oc5ccc6c(c5)CCC5C6CCC6(C)C(O)CCC56)cc4CCC3C1CCC2O. The first kappa shape index (κ1) is 29.7. The maximum Gasteiger partial charge on any atom is 0.322 e. The minimum atomic E-state index is -0.605. The van der Waals surface area contributed by atoms with Crippen LogP contribution in [0.5, 0.6) is 11.5 Å². The van der Waals surface area contributed by atoms with Gasteiger partial charge in [0.05, 0.1) is 12.2 Å². The molecule has 4 fully saturated rings. The molecule has 0 bridgehead atoms. The molecule has 4 saturated carbocycles. The van der Waals surface area contributed by atoms with Gasteiger partial charge >= 0.3 is 11.9 Å². The van der Waals surface area contributed by atoms with Crippen molar-refractivity contribution in [2.75, 3.05) is 0 Å². The highest BCUT2D eigenvalue weighted by atomic mass is 16.6. The van der Waals surface area contributed by atoms with E-state index >= 15 is 0 Å². The van der Waals surface area contributed by atoms with Crippen LogP contribution in [0, 0.1) is 34.5 Å². The van der Waals surface area contributed by atoms with Crippen molar-refractivity contribution in [1.82, 2.24) is 0 Å². The Kier molecular flexibility index (Phi) is 7.22. The van der Waals surface area contributed by atoms with Crippen molar-refractivity contribution >= 4 is 11.9 Å². The predicted molar refractivity (Wildman–Crippen MR) is 170 cm³/mol. The predicted octanol–water partition coefficient (Wildman–Crippen LogP) is 7.02. The molecule has 2 N–H and O–H groups in total. The third-order valence-electron chi connectivity index (χ3n) is 14.0. The topological polar surface area (TPSA) is 93.1 Å². The molecule has 2 aromatic rings. The lowest BCUT2D eigenvalue weighted by Gasteiger charge is -2.50. The van der Waals surface area contributed by atoms with Gasteiger partial charge in [0.1, 0.15) is 17.9 Å². The van der Waals surface area contributed by atoms with E-state index in [1.807, 2.05) is 24.3 Å². The number of aryl methyl sites for hydroxylation is 2. The molecule has 0 spiro atoms. The van der Waals surface area contributed by atoms with E-state index in [1.165, 1.54) is 22.3 Å². The van der Waals surface area contributed by atoms with Gasteiger partial charge in [0, 0.05) is 0 Å². The number of aliphatic hydroxyl groups is 2. The Morgan fingerprint density at radius 2 is 1.11 bits per heavy atom. The van der Waals surface area contributed by atoms with Crippen LogP contribution in [0.25, 0.3) is 0 Å². The molecule has 2 aromatic carbocycles. The fourth-order valence-corrected chi connectivity index (χ4v) is 11.6. The van der Waals surface area contributed by atoms with E-state index in [9.17, 15) is 19.8 Å². The van der Waals surface area contributed by atoms with E-state index in [4.69, 9.17) is 9.47 Å². The first-order valence-corrected chi connectivity index (χ1v) is 17.7. The Labute approximate surface area is 266 Å². The number of rotatable bonds is 4. The number of hydrogen-bond acceptors (Lipinski definition) is 6. The zero-order chi connectivity index (χ0) is 31.1. The normalized spacial score (nSPS) is 39.4. The summed E-state index contributed by atoms with van der Waals surface area (Å²) in [5.41, 5.74) is 5.35. The molecule has 0 saturated heterocycles. The van der Waals surface area contributed by atoms with E-state index in [1.54, 1.807) is 0 Å². The fourth-order valence-electron chi connectivity index (χ4n) is 11.6. The summed E-state index contributed by atoms with van der Waals surface area (Å²) in [7, 11) is 0. The van der Waals surface area contributed by atoms with Gasteiger partial charge in [-0.3, -0.25) is 9.59 Å². The lowest BCUT2D eigenvalue weighted by molar-refractivity contribution is -0.144. The van der Waals surface area contributed by atoms with Crippen molar-refractivity contribution in [3.8, 4) is 11.5 Å². The number of carbonyl (C=O) groups is 2. The smallest absolute Gasteiger partial charge is 0.322 e. The molecule has 6 nitrogen and oxygen atoms in total. The second-order valence-electron chi connectivity index (χ2n) is 16.0. The largest absolute Gasteiger partial charge is 0.426 e. The molecule has 0 amide bonds. The first-order chi connectivity index (χ1) is 21.6. The molecule has 45 heavy (non-hydrogen) atoms. The number of hydrogen-bond donors (Lipinski definition) is 2. The lowest BCUT2D eigenvalue weighted by Crippen LogP contribution is -2.43. The van der Waals surface area contributed by atoms with Crippen molar-refractivity contribution < 1.29 is 29.3 Å². The zero-order valence-corrected chi connectivity index (χ0v) is 26.8. The van der Waals surface area contributed by atoms with Gasteiger partial charge in [-0.2, -0.15) is 0 Å². The molecule has 10 atom stereocenters. The number of ether oxygens (including phenoxy) is 2. The molecule has 8 rings (SSSR count). The summed E-state index contributed by atoms with van der Waals surface area (Å²) in [5, 5.41) is 21.3. The first-order valence-electron chi connectivity index (χ1n) is 17.7. The molecular weight excluding hydrogens is 564 g/mol. The van der Waals surface area contributed by atoms with Crippen molar-refractivity contribution in [3.05, 3.63) is 58.7 Å². The maximum absolute atomic E-state index is 12.8. The van der Waals surface area contributed by atoms with Crippen molar-refractivity contribution in [3.63, 3.8) is 0 Å². The summed E-state index contributed by atoms with van der Waals surface area (Å²) >= 11 is 0. The Balaban J connectivity index is 0.881. The van der Waals surface area contributed by atoms with Crippen LogP contribution in [0.4, 0.5) is 0 Å². The minimum absolute atomic E-state index is 0.0589. The molecular formula is C39H48O6. The highest BCUT2D eigenvalue weighted by Gasteiger charge is 2.55. The molecule has 6 aliphatic carbocycles. The van der Waals surface area contributed by atoms with Crippen LogP contribution in [-0.2, 0) is 22.4 Å². The average molecular weight is 613 g/mol. The van der Waals surface area contributed by atoms with E-state index in [2.05, 4.69) is 26.0 Å². The maximum atomic E-state index is 12.8. The molecule has 6 aliphatic rings. The van der Waals surface area contributed by atoms with Gasteiger partial charge in [0.15, 0.2) is 0 Å². The van der Waals surface area contributed by atoms with E-state index in [0.717, 1.165) is 77.0 Å². The van der Waals surface area contributed by atoms with Crippen LogP contribution >= 0.6 is 0 Å². The molecule has 0 radical (unpaired) electrons. The molecule has 240 valence electrons. The Hall–Kier alpha value is -2.70. The zero-order valence-electron chi connectivity index (χ0n) is 26.8. The lowest BCUT2D eigenvalue weighted by atomic mass is 9.55. The standard InChI is InChI=1S/C39H48O6/c1-38-17-15-28-26-9-5-24(19-22(26)3-7-30(28)32(38)11-13-34(38)40)44-36(42)21-37(43)45-25-6-10-27-23(20-25)4-8-31-29(27)16-18-39(2)33(31)12-14-35(39)41/h5-6,9-10,19-20,28-35,40-41H,3-4,7-8,11-18,21H2,1-2H3. The quantitative estimate of drug-likeness (QED) is 0.219. The third-order valence-corrected chi connectivity index (χ3v) is 14.0. The summed E-state index contributed by atoms with van der Waals surface area (Å²) < 4.78 is 11.3. The van der Waals surface area contributed by atoms with Gasteiger partial charge in [-0.15, -0.1) is 0 Å². The highest BCUT2D eigenvalue weighted by molar-refractivity contribution is 5.93. The molecule has 0 aliphatic heterocycles. The third kappa shape index (κ3) is 4.80.